The average Bonchev–Trinajstić information content (AvgIpc) is 2.68. The van der Waals surface area contributed by atoms with Crippen LogP contribution in [0.3, 0.4) is 0 Å². The Balaban J connectivity index is 1.83. The van der Waals surface area contributed by atoms with Gasteiger partial charge in [0.1, 0.15) is 0 Å². The second kappa shape index (κ2) is 8.88. The summed E-state index contributed by atoms with van der Waals surface area (Å²) < 4.78 is 0. The fourth-order valence-electron chi connectivity index (χ4n) is 2.54. The Hall–Kier alpha value is -2.30. The molecule has 5 heteroatoms. The molecular weight excluding hydrogens is 364 g/mol. The lowest BCUT2D eigenvalue weighted by Gasteiger charge is -2.25. The summed E-state index contributed by atoms with van der Waals surface area (Å²) in [6.45, 7) is 2.35. The van der Waals surface area contributed by atoms with Crippen molar-refractivity contribution in [3.05, 3.63) is 89.7 Å². The maximum Gasteiger partial charge on any atom is 0.240 e. The van der Waals surface area contributed by atoms with E-state index in [1.54, 1.807) is 35.0 Å². The summed E-state index contributed by atoms with van der Waals surface area (Å²) in [5.74, 6) is 0.0341. The molecular formula is C21H19ClN2OS. The van der Waals surface area contributed by atoms with Gasteiger partial charge in [-0.15, -0.1) is 11.8 Å². The number of halogens is 1. The van der Waals surface area contributed by atoms with Gasteiger partial charge >= 0.3 is 0 Å². The van der Waals surface area contributed by atoms with Crippen molar-refractivity contribution in [1.82, 2.24) is 4.98 Å². The topological polar surface area (TPSA) is 33.2 Å². The fourth-order valence-corrected chi connectivity index (χ4v) is 3.62. The van der Waals surface area contributed by atoms with Gasteiger partial charge in [-0.05, 0) is 55.5 Å². The number of benzene rings is 2. The van der Waals surface area contributed by atoms with Gasteiger partial charge in [-0.25, -0.2) is 0 Å². The first-order chi connectivity index (χ1) is 12.6. The van der Waals surface area contributed by atoms with Gasteiger partial charge < -0.3 is 4.90 Å². The molecule has 0 saturated carbocycles. The SMILES string of the molecule is CC(Sc1ccccc1)C(=O)N(Cc1ccccn1)c1ccc(Cl)cc1. The maximum atomic E-state index is 13.2. The molecule has 132 valence electrons. The van der Waals surface area contributed by atoms with Crippen molar-refractivity contribution in [3.8, 4) is 0 Å². The third kappa shape index (κ3) is 4.87. The minimum Gasteiger partial charge on any atom is -0.305 e. The van der Waals surface area contributed by atoms with E-state index in [4.69, 9.17) is 11.6 Å². The van der Waals surface area contributed by atoms with Gasteiger partial charge in [0.2, 0.25) is 5.91 Å². The van der Waals surface area contributed by atoms with Crippen LogP contribution < -0.4 is 4.90 Å². The number of aromatic nitrogens is 1. The lowest BCUT2D eigenvalue weighted by atomic mass is 10.2. The first-order valence-corrected chi connectivity index (χ1v) is 9.58. The molecule has 0 N–H and O–H groups in total. The standard InChI is InChI=1S/C21H19ClN2OS/c1-16(26-20-8-3-2-4-9-20)21(25)24(15-18-7-5-6-14-23-18)19-12-10-17(22)11-13-19/h2-14,16H,15H2,1H3. The summed E-state index contributed by atoms with van der Waals surface area (Å²) >= 11 is 7.56. The van der Waals surface area contributed by atoms with E-state index >= 15 is 0 Å². The van der Waals surface area contributed by atoms with E-state index in [0.717, 1.165) is 16.3 Å². The van der Waals surface area contributed by atoms with Crippen LogP contribution in [0.5, 0.6) is 0 Å². The molecule has 2 aromatic carbocycles. The average molecular weight is 383 g/mol. The van der Waals surface area contributed by atoms with Crippen LogP contribution in [-0.4, -0.2) is 16.1 Å². The summed E-state index contributed by atoms with van der Waals surface area (Å²) in [4.78, 5) is 20.4. The largest absolute Gasteiger partial charge is 0.305 e. The minimum atomic E-state index is -0.225. The van der Waals surface area contributed by atoms with Gasteiger partial charge in [0.25, 0.3) is 0 Å². The Bertz CT molecular complexity index is 841. The lowest BCUT2D eigenvalue weighted by molar-refractivity contribution is -0.118. The van der Waals surface area contributed by atoms with E-state index in [0.29, 0.717) is 11.6 Å². The number of amides is 1. The zero-order valence-electron chi connectivity index (χ0n) is 14.4. The molecule has 3 aromatic rings. The second-order valence-electron chi connectivity index (χ2n) is 5.80. The number of carbonyl (C=O) groups excluding carboxylic acids is 1. The molecule has 26 heavy (non-hydrogen) atoms. The molecule has 0 bridgehead atoms. The molecule has 3 nitrogen and oxygen atoms in total. The van der Waals surface area contributed by atoms with E-state index in [1.165, 1.54) is 0 Å². The van der Waals surface area contributed by atoms with Crippen molar-refractivity contribution in [2.75, 3.05) is 4.90 Å². The maximum absolute atomic E-state index is 13.2. The van der Waals surface area contributed by atoms with Crippen LogP contribution in [0.4, 0.5) is 5.69 Å². The second-order valence-corrected chi connectivity index (χ2v) is 7.65. The molecule has 0 saturated heterocycles. The van der Waals surface area contributed by atoms with Gasteiger partial charge in [0.05, 0.1) is 17.5 Å². The number of anilines is 1. The van der Waals surface area contributed by atoms with Crippen molar-refractivity contribution in [3.63, 3.8) is 0 Å². The number of pyridine rings is 1. The van der Waals surface area contributed by atoms with E-state index < -0.39 is 0 Å². The van der Waals surface area contributed by atoms with Crippen molar-refractivity contribution < 1.29 is 4.79 Å². The molecule has 3 rings (SSSR count). The van der Waals surface area contributed by atoms with Crippen molar-refractivity contribution >= 4 is 35.0 Å². The zero-order valence-corrected chi connectivity index (χ0v) is 16.0. The Morgan fingerprint density at radius 3 is 2.38 bits per heavy atom. The van der Waals surface area contributed by atoms with Crippen LogP contribution in [0, 0.1) is 0 Å². The highest BCUT2D eigenvalue weighted by atomic mass is 35.5. The molecule has 0 radical (unpaired) electrons. The van der Waals surface area contributed by atoms with Gasteiger partial charge in [-0.2, -0.15) is 0 Å². The molecule has 1 heterocycles. The normalized spacial score (nSPS) is 11.8. The third-order valence-electron chi connectivity index (χ3n) is 3.85. The highest BCUT2D eigenvalue weighted by molar-refractivity contribution is 8.00. The van der Waals surface area contributed by atoms with E-state index in [2.05, 4.69) is 4.98 Å². The Morgan fingerprint density at radius 1 is 1.04 bits per heavy atom. The van der Waals surface area contributed by atoms with Crippen molar-refractivity contribution in [1.29, 1.82) is 0 Å². The molecule has 1 atom stereocenters. The molecule has 0 spiro atoms. The molecule has 0 aliphatic carbocycles. The molecule has 0 aliphatic rings. The van der Waals surface area contributed by atoms with E-state index in [-0.39, 0.29) is 11.2 Å². The van der Waals surface area contributed by atoms with E-state index in [9.17, 15) is 4.79 Å². The highest BCUT2D eigenvalue weighted by Crippen LogP contribution is 2.27. The Kier molecular flexibility index (Phi) is 6.31. The summed E-state index contributed by atoms with van der Waals surface area (Å²) in [6.07, 6.45) is 1.74. The Labute approximate surface area is 163 Å². The Morgan fingerprint density at radius 2 is 1.73 bits per heavy atom. The summed E-state index contributed by atoms with van der Waals surface area (Å²) in [5, 5.41) is 0.419. The van der Waals surface area contributed by atoms with Crippen LogP contribution in [-0.2, 0) is 11.3 Å². The fraction of sp³-hybridized carbons (Fsp3) is 0.143. The number of rotatable bonds is 6. The van der Waals surface area contributed by atoms with E-state index in [1.807, 2.05) is 67.6 Å². The highest BCUT2D eigenvalue weighted by Gasteiger charge is 2.23. The number of hydrogen-bond donors (Lipinski definition) is 0. The molecule has 1 amide bonds. The zero-order chi connectivity index (χ0) is 18.4. The first kappa shape index (κ1) is 18.5. The number of carbonyl (C=O) groups is 1. The van der Waals surface area contributed by atoms with Crippen molar-refractivity contribution in [2.24, 2.45) is 0 Å². The summed E-state index contributed by atoms with van der Waals surface area (Å²) in [7, 11) is 0. The molecule has 0 fully saturated rings. The first-order valence-electron chi connectivity index (χ1n) is 8.32. The monoisotopic (exact) mass is 382 g/mol. The third-order valence-corrected chi connectivity index (χ3v) is 5.21. The van der Waals surface area contributed by atoms with Crippen LogP contribution in [0.15, 0.2) is 83.9 Å². The summed E-state index contributed by atoms with van der Waals surface area (Å²) in [5.41, 5.74) is 1.65. The minimum absolute atomic E-state index is 0.0341. The quantitative estimate of drug-likeness (QED) is 0.531. The van der Waals surface area contributed by atoms with Gasteiger partial charge in [-0.1, -0.05) is 35.9 Å². The smallest absolute Gasteiger partial charge is 0.240 e. The summed E-state index contributed by atoms with van der Waals surface area (Å²) in [6, 6.07) is 23.0. The molecule has 1 unspecified atom stereocenters. The van der Waals surface area contributed by atoms with Crippen LogP contribution in [0.25, 0.3) is 0 Å². The predicted octanol–water partition coefficient (Wildman–Crippen LogP) is 5.45. The number of hydrogen-bond acceptors (Lipinski definition) is 3. The number of nitrogens with zero attached hydrogens (tertiary/aromatic N) is 2. The van der Waals surface area contributed by atoms with Crippen LogP contribution in [0.1, 0.15) is 12.6 Å². The predicted molar refractivity (Wildman–Crippen MR) is 109 cm³/mol. The lowest BCUT2D eigenvalue weighted by Crippen LogP contribution is -2.36. The van der Waals surface area contributed by atoms with Gasteiger partial charge in [0, 0.05) is 21.8 Å². The molecule has 0 aliphatic heterocycles. The van der Waals surface area contributed by atoms with Crippen LogP contribution in [0.2, 0.25) is 5.02 Å². The van der Waals surface area contributed by atoms with Gasteiger partial charge in [0.15, 0.2) is 0 Å². The van der Waals surface area contributed by atoms with Crippen molar-refractivity contribution in [2.45, 2.75) is 23.6 Å². The number of thioether (sulfide) groups is 1. The van der Waals surface area contributed by atoms with Crippen LogP contribution >= 0.6 is 23.4 Å². The molecule has 1 aromatic heterocycles. The van der Waals surface area contributed by atoms with Gasteiger partial charge in [-0.3, -0.25) is 9.78 Å².